The van der Waals surface area contributed by atoms with Crippen LogP contribution in [0.3, 0.4) is 0 Å². The second-order valence-corrected chi connectivity index (χ2v) is 16.5. The number of Topliss-reactive ketones (excluding diaryl/α,β-unsaturated/α-hetero) is 1. The van der Waals surface area contributed by atoms with E-state index in [1.165, 1.54) is 20.3 Å². The number of methoxy groups -OCH3 is 2. The van der Waals surface area contributed by atoms with E-state index in [4.69, 9.17) is 23.7 Å². The molecule has 0 aromatic carbocycles. The van der Waals surface area contributed by atoms with E-state index in [9.17, 15) is 39.6 Å². The van der Waals surface area contributed by atoms with Gasteiger partial charge in [0.15, 0.2) is 11.6 Å². The van der Waals surface area contributed by atoms with Crippen LogP contribution in [0.4, 0.5) is 0 Å². The summed E-state index contributed by atoms with van der Waals surface area (Å²) in [5, 5.41) is 47.6. The number of ketones is 1. The second kappa shape index (κ2) is 23.6. The van der Waals surface area contributed by atoms with Crippen LogP contribution in [0, 0.1) is 29.6 Å². The summed E-state index contributed by atoms with van der Waals surface area (Å²) >= 11 is 0. The van der Waals surface area contributed by atoms with E-state index in [2.05, 4.69) is 5.32 Å². The maximum Gasteiger partial charge on any atom is 0.373 e. The summed E-state index contributed by atoms with van der Waals surface area (Å²) < 4.78 is 29.5. The molecule has 61 heavy (non-hydrogen) atoms. The van der Waals surface area contributed by atoms with E-state index in [0.717, 1.165) is 24.1 Å². The molecule has 14 heteroatoms. The van der Waals surface area contributed by atoms with Crippen molar-refractivity contribution in [2.24, 2.45) is 29.6 Å². The fourth-order valence-electron chi connectivity index (χ4n) is 7.81. The summed E-state index contributed by atoms with van der Waals surface area (Å²) in [7, 11) is 2.79. The van der Waals surface area contributed by atoms with Crippen LogP contribution >= 0.6 is 0 Å². The molecular weight excluding hydrogens is 787 g/mol. The number of ether oxygens (including phenoxy) is 5. The number of allylic oxidation sites excluding steroid dienone is 10. The Bertz CT molecular complexity index is 1800. The quantitative estimate of drug-likeness (QED) is 0.0831. The van der Waals surface area contributed by atoms with Gasteiger partial charge in [-0.2, -0.15) is 0 Å². The molecule has 0 bridgehead atoms. The zero-order valence-electron chi connectivity index (χ0n) is 37.2. The van der Waals surface area contributed by atoms with Crippen LogP contribution in [-0.2, 0) is 42.9 Å². The average Bonchev–Trinajstić information content (AvgIpc) is 3.53. The normalized spacial score (nSPS) is 31.4. The Morgan fingerprint density at radius 1 is 1.08 bits per heavy atom. The van der Waals surface area contributed by atoms with Crippen LogP contribution in [0.25, 0.3) is 0 Å². The molecule has 0 saturated carbocycles. The highest BCUT2D eigenvalue weighted by atomic mass is 16.6. The molecule has 5 N–H and O–H groups in total. The van der Waals surface area contributed by atoms with Crippen LogP contribution < -0.4 is 5.32 Å². The Kier molecular flexibility index (Phi) is 19.6. The van der Waals surface area contributed by atoms with Gasteiger partial charge in [-0.1, -0.05) is 101 Å². The predicted octanol–water partition coefficient (Wildman–Crippen LogP) is 5.91. The van der Waals surface area contributed by atoms with Gasteiger partial charge in [0.1, 0.15) is 29.8 Å². The van der Waals surface area contributed by atoms with Gasteiger partial charge < -0.3 is 49.4 Å². The second-order valence-electron chi connectivity index (χ2n) is 16.5. The van der Waals surface area contributed by atoms with Gasteiger partial charge in [0.2, 0.25) is 11.7 Å². The Hall–Kier alpha value is -4.60. The van der Waals surface area contributed by atoms with E-state index in [1.807, 2.05) is 52.0 Å². The summed E-state index contributed by atoms with van der Waals surface area (Å²) in [6, 6.07) is 0. The number of aliphatic hydroxyl groups is 4. The number of aliphatic hydroxyl groups excluding tert-OH is 3. The number of hydrogen-bond donors (Lipinski definition) is 5. The molecule has 1 aliphatic carbocycles. The number of carbonyl (C=O) groups is 4. The first-order valence-electron chi connectivity index (χ1n) is 21.0. The van der Waals surface area contributed by atoms with Crippen LogP contribution in [0.2, 0.25) is 0 Å². The number of nitrogens with one attached hydrogen (secondary N) is 1. The van der Waals surface area contributed by atoms with E-state index in [0.29, 0.717) is 12.0 Å². The SMILES string of the molecule is CCC=CC=CC1OC(O)(C(C)C(O)C(C)C2OC(=O)C(OC)=CC(C)=CC(C)C(O)C(C)CC(C)=CC=CC2OC)CC(OC(=O)C=CC(=O)NC2=C(O)CCC2=O)C1C. The lowest BCUT2D eigenvalue weighted by atomic mass is 9.77. The molecule has 3 aliphatic rings. The molecule has 0 spiro atoms. The molecule has 0 radical (unpaired) electrons. The fraction of sp³-hybridized carbons (Fsp3) is 0.574. The number of esters is 2. The minimum atomic E-state index is -2.10. The topological polar surface area (TPSA) is 207 Å². The maximum absolute atomic E-state index is 13.8. The molecular formula is C47H67NO13. The molecule has 1 amide bonds. The molecule has 2 aliphatic heterocycles. The van der Waals surface area contributed by atoms with Crippen molar-refractivity contribution in [1.82, 2.24) is 5.32 Å². The van der Waals surface area contributed by atoms with Crippen LogP contribution in [0.5, 0.6) is 0 Å². The van der Waals surface area contributed by atoms with Gasteiger partial charge in [-0.15, -0.1) is 0 Å². The number of amides is 1. The third-order valence-electron chi connectivity index (χ3n) is 11.6. The number of carbonyl (C=O) groups excluding carboxylic acids is 4. The Morgan fingerprint density at radius 2 is 1.79 bits per heavy atom. The first-order valence-corrected chi connectivity index (χ1v) is 21.0. The van der Waals surface area contributed by atoms with Crippen molar-refractivity contribution in [2.45, 2.75) is 130 Å². The zero-order chi connectivity index (χ0) is 45.6. The average molecular weight is 854 g/mol. The Balaban J connectivity index is 1.97. The van der Waals surface area contributed by atoms with Crippen molar-refractivity contribution in [1.29, 1.82) is 0 Å². The molecule has 1 saturated heterocycles. The molecule has 338 valence electrons. The van der Waals surface area contributed by atoms with Crippen molar-refractivity contribution >= 4 is 23.6 Å². The highest BCUT2D eigenvalue weighted by molar-refractivity contribution is 6.04. The Morgan fingerprint density at radius 3 is 2.41 bits per heavy atom. The van der Waals surface area contributed by atoms with Crippen LogP contribution in [0.15, 0.2) is 95.2 Å². The van der Waals surface area contributed by atoms with Crippen LogP contribution in [-0.4, -0.2) is 101 Å². The van der Waals surface area contributed by atoms with Gasteiger partial charge in [0, 0.05) is 62.2 Å². The van der Waals surface area contributed by atoms with Crippen molar-refractivity contribution < 1.29 is 63.3 Å². The summed E-state index contributed by atoms with van der Waals surface area (Å²) in [5.74, 6) is -8.20. The lowest BCUT2D eigenvalue weighted by Crippen LogP contribution is -2.58. The molecule has 0 aromatic rings. The van der Waals surface area contributed by atoms with Gasteiger partial charge in [-0.3, -0.25) is 9.59 Å². The summed E-state index contributed by atoms with van der Waals surface area (Å²) in [6.45, 7) is 14.6. The maximum atomic E-state index is 13.8. The first kappa shape index (κ1) is 50.8. The standard InChI is InChI=1S/C47H67NO13/c1-11-12-13-14-17-36-31(6)39(59-41(52)22-21-40(51)48-42-34(49)19-20-35(42)50)26-47(56,61-36)33(8)44(54)32(7)45-37(57-9)18-15-16-27(2)23-29(4)43(53)30(5)24-28(3)25-38(58-10)46(55)60-45/h12-18,21-22,24-25,29-33,36-37,39,43-45,49,53-54,56H,11,19-20,23,26H2,1-10H3,(H,48,51). The molecule has 12 unspecified atom stereocenters. The van der Waals surface area contributed by atoms with E-state index >= 15 is 0 Å². The minimum Gasteiger partial charge on any atom is -0.510 e. The van der Waals surface area contributed by atoms with Gasteiger partial charge >= 0.3 is 11.9 Å². The summed E-state index contributed by atoms with van der Waals surface area (Å²) in [4.78, 5) is 51.4. The number of hydrogen-bond acceptors (Lipinski definition) is 13. The predicted molar refractivity (Wildman–Crippen MR) is 229 cm³/mol. The zero-order valence-corrected chi connectivity index (χ0v) is 37.2. The number of rotatable bonds is 13. The van der Waals surface area contributed by atoms with E-state index in [1.54, 1.807) is 52.0 Å². The first-order chi connectivity index (χ1) is 28.8. The smallest absolute Gasteiger partial charge is 0.373 e. The molecule has 1 fully saturated rings. The van der Waals surface area contributed by atoms with E-state index < -0.39 is 83.8 Å². The van der Waals surface area contributed by atoms with E-state index in [-0.39, 0.29) is 48.3 Å². The molecule has 2 heterocycles. The third-order valence-corrected chi connectivity index (χ3v) is 11.6. The van der Waals surface area contributed by atoms with Gasteiger partial charge in [0.05, 0.1) is 25.4 Å². The molecule has 0 aromatic heterocycles. The fourth-order valence-corrected chi connectivity index (χ4v) is 7.81. The van der Waals surface area contributed by atoms with Gasteiger partial charge in [-0.25, -0.2) is 9.59 Å². The summed E-state index contributed by atoms with van der Waals surface area (Å²) in [5.41, 5.74) is 1.46. The number of cyclic esters (lactones) is 1. The summed E-state index contributed by atoms with van der Waals surface area (Å²) in [6.07, 6.45) is 13.2. The van der Waals surface area contributed by atoms with Gasteiger partial charge in [0.25, 0.3) is 0 Å². The third kappa shape index (κ3) is 14.2. The highest BCUT2D eigenvalue weighted by Crippen LogP contribution is 2.41. The molecule has 3 rings (SSSR count). The lowest BCUT2D eigenvalue weighted by molar-refractivity contribution is -0.314. The van der Waals surface area contributed by atoms with Crippen molar-refractivity contribution in [3.8, 4) is 0 Å². The van der Waals surface area contributed by atoms with Gasteiger partial charge in [-0.05, 0) is 38.7 Å². The lowest BCUT2D eigenvalue weighted by Gasteiger charge is -2.48. The highest BCUT2D eigenvalue weighted by Gasteiger charge is 2.52. The van der Waals surface area contributed by atoms with Crippen molar-refractivity contribution in [3.05, 3.63) is 95.2 Å². The van der Waals surface area contributed by atoms with Crippen molar-refractivity contribution in [2.75, 3.05) is 14.2 Å². The monoisotopic (exact) mass is 853 g/mol. The van der Waals surface area contributed by atoms with Crippen molar-refractivity contribution in [3.63, 3.8) is 0 Å². The van der Waals surface area contributed by atoms with Crippen LogP contribution in [0.1, 0.15) is 87.5 Å². The molecule has 12 atom stereocenters. The Labute approximate surface area is 360 Å². The molecule has 14 nitrogen and oxygen atoms in total. The largest absolute Gasteiger partial charge is 0.510 e. The minimum absolute atomic E-state index is 0.0657.